The summed E-state index contributed by atoms with van der Waals surface area (Å²) >= 11 is 0. The van der Waals surface area contributed by atoms with Crippen molar-refractivity contribution in [1.29, 1.82) is 0 Å². The fraction of sp³-hybridized carbons (Fsp3) is 0.636. The van der Waals surface area contributed by atoms with Crippen LogP contribution in [0.5, 0.6) is 0 Å². The maximum absolute atomic E-state index is 3.51. The predicted octanol–water partition coefficient (Wildman–Crippen LogP) is 4.42. The van der Waals surface area contributed by atoms with Gasteiger partial charge in [-0.25, -0.2) is 11.3 Å². The maximum Gasteiger partial charge on any atom is 0.0393 e. The second-order valence-electron chi connectivity index (χ2n) is 4.89. The fourth-order valence-electron chi connectivity index (χ4n) is 1.34. The molecular formula is C11H21Cl2HfSi-. The summed E-state index contributed by atoms with van der Waals surface area (Å²) < 4.78 is 0. The summed E-state index contributed by atoms with van der Waals surface area (Å²) in [6, 6.07) is 0. The Bertz CT molecular complexity index is 239. The van der Waals surface area contributed by atoms with E-state index < -0.39 is 8.07 Å². The average molecular weight is 431 g/mol. The van der Waals surface area contributed by atoms with Gasteiger partial charge < -0.3 is 0 Å². The first-order valence-corrected chi connectivity index (χ1v) is 8.23. The molecule has 0 heterocycles. The van der Waals surface area contributed by atoms with E-state index in [1.165, 1.54) is 5.20 Å². The van der Waals surface area contributed by atoms with Crippen LogP contribution in [-0.4, -0.2) is 8.07 Å². The van der Waals surface area contributed by atoms with E-state index in [-0.39, 0.29) is 50.7 Å². The van der Waals surface area contributed by atoms with Crippen LogP contribution < -0.4 is 0 Å². The molecule has 0 aromatic rings. The summed E-state index contributed by atoms with van der Waals surface area (Å²) in [6.45, 7) is 11.7. The zero-order chi connectivity index (χ0) is 9.35. The second-order valence-corrected chi connectivity index (χ2v) is 9.93. The van der Waals surface area contributed by atoms with Crippen molar-refractivity contribution in [3.8, 4) is 0 Å². The molecule has 0 aromatic heterocycles. The standard InChI is InChI=1S/C11H19Si.2ClH.Hf/c1-9(2)10-6-7-11(8-10)12(3,4)5;;;/h8-9H,6H2,1-5H3;2*1H;/q-1;;;. The van der Waals surface area contributed by atoms with E-state index >= 15 is 0 Å². The van der Waals surface area contributed by atoms with E-state index in [1.807, 2.05) is 0 Å². The molecule has 0 atom stereocenters. The van der Waals surface area contributed by atoms with Crippen LogP contribution in [0.15, 0.2) is 16.8 Å². The molecule has 1 rings (SSSR count). The van der Waals surface area contributed by atoms with Gasteiger partial charge in [-0.15, -0.1) is 31.2 Å². The summed E-state index contributed by atoms with van der Waals surface area (Å²) in [4.78, 5) is 0. The van der Waals surface area contributed by atoms with Crippen molar-refractivity contribution in [1.82, 2.24) is 0 Å². The van der Waals surface area contributed by atoms with Gasteiger partial charge in [0.25, 0.3) is 0 Å². The summed E-state index contributed by atoms with van der Waals surface area (Å²) in [5.41, 5.74) is 1.56. The van der Waals surface area contributed by atoms with Gasteiger partial charge in [0.05, 0.1) is 0 Å². The Balaban J connectivity index is -0.000000480. The van der Waals surface area contributed by atoms with Crippen molar-refractivity contribution >= 4 is 32.9 Å². The molecule has 0 N–H and O–H groups in total. The molecule has 0 bridgehead atoms. The normalized spacial score (nSPS) is 14.5. The molecule has 0 radical (unpaired) electrons. The van der Waals surface area contributed by atoms with Crippen LogP contribution in [0.25, 0.3) is 0 Å². The zero-order valence-corrected chi connectivity index (χ0v) is 16.4. The van der Waals surface area contributed by atoms with Crippen LogP contribution in [0, 0.1) is 12.0 Å². The van der Waals surface area contributed by atoms with Crippen molar-refractivity contribution in [3.63, 3.8) is 0 Å². The van der Waals surface area contributed by atoms with Gasteiger partial charge in [-0.1, -0.05) is 33.5 Å². The molecule has 0 aliphatic heterocycles. The molecule has 1 aliphatic rings. The van der Waals surface area contributed by atoms with E-state index in [0.29, 0.717) is 5.92 Å². The minimum absolute atomic E-state index is 0. The first-order chi connectivity index (χ1) is 5.41. The van der Waals surface area contributed by atoms with Gasteiger partial charge in [-0.3, -0.25) is 6.08 Å². The molecule has 4 heteroatoms. The molecule has 15 heavy (non-hydrogen) atoms. The molecule has 0 fully saturated rings. The number of rotatable bonds is 2. The van der Waals surface area contributed by atoms with Crippen molar-refractivity contribution < 1.29 is 25.8 Å². The van der Waals surface area contributed by atoms with Gasteiger partial charge in [0.2, 0.25) is 0 Å². The van der Waals surface area contributed by atoms with Crippen LogP contribution in [0.2, 0.25) is 19.6 Å². The molecule has 0 spiro atoms. The topological polar surface area (TPSA) is 0 Å². The van der Waals surface area contributed by atoms with E-state index in [1.54, 1.807) is 5.57 Å². The molecule has 0 aromatic carbocycles. The van der Waals surface area contributed by atoms with Crippen molar-refractivity contribution in [2.45, 2.75) is 39.9 Å². The Morgan fingerprint density at radius 1 is 1.20 bits per heavy atom. The number of hydrogen-bond donors (Lipinski definition) is 0. The third-order valence-corrected chi connectivity index (χ3v) is 4.30. The summed E-state index contributed by atoms with van der Waals surface area (Å²) in [6.07, 6.45) is 6.98. The molecule has 0 saturated heterocycles. The van der Waals surface area contributed by atoms with Gasteiger partial charge in [-0.2, -0.15) is 5.57 Å². The van der Waals surface area contributed by atoms with Gasteiger partial charge in [0, 0.05) is 33.9 Å². The van der Waals surface area contributed by atoms with Gasteiger partial charge in [-0.05, 0) is 5.92 Å². The monoisotopic (exact) mass is 431 g/mol. The predicted molar refractivity (Wildman–Crippen MR) is 72.1 cm³/mol. The molecule has 0 amide bonds. The Hall–Kier alpha value is 1.15. The maximum atomic E-state index is 3.51. The SMILES string of the molecule is CC(C)C1=CC([Si](C)(C)C)=[C-]C1.Cl.Cl.[Hf]. The molecule has 0 saturated carbocycles. The second kappa shape index (κ2) is 8.27. The third-order valence-electron chi connectivity index (χ3n) is 2.36. The van der Waals surface area contributed by atoms with Crippen LogP contribution in [0.4, 0.5) is 0 Å². The summed E-state index contributed by atoms with van der Waals surface area (Å²) in [5, 5.41) is 1.52. The van der Waals surface area contributed by atoms with Crippen LogP contribution in [-0.2, 0) is 25.8 Å². The molecule has 0 unspecified atom stereocenters. The molecule has 88 valence electrons. The zero-order valence-electron chi connectivity index (χ0n) is 10.2. The van der Waals surface area contributed by atoms with Gasteiger partial charge in [0.15, 0.2) is 0 Å². The Morgan fingerprint density at radius 3 is 1.87 bits per heavy atom. The van der Waals surface area contributed by atoms with Crippen molar-refractivity contribution in [3.05, 3.63) is 22.9 Å². The Labute approximate surface area is 127 Å². The van der Waals surface area contributed by atoms with E-state index in [4.69, 9.17) is 0 Å². The quantitative estimate of drug-likeness (QED) is 0.449. The number of halogens is 2. The first kappa shape index (κ1) is 21.4. The smallest absolute Gasteiger partial charge is 0.0393 e. The minimum atomic E-state index is -1.08. The molecule has 0 nitrogen and oxygen atoms in total. The van der Waals surface area contributed by atoms with Crippen LogP contribution >= 0.6 is 24.8 Å². The largest absolute Gasteiger partial charge is 0.273 e. The van der Waals surface area contributed by atoms with E-state index in [2.05, 4.69) is 45.6 Å². The van der Waals surface area contributed by atoms with Crippen molar-refractivity contribution in [2.75, 3.05) is 0 Å². The van der Waals surface area contributed by atoms with E-state index in [0.717, 1.165) is 6.42 Å². The van der Waals surface area contributed by atoms with Gasteiger partial charge in [0.1, 0.15) is 0 Å². The van der Waals surface area contributed by atoms with Crippen LogP contribution in [0.3, 0.4) is 0 Å². The van der Waals surface area contributed by atoms with Crippen molar-refractivity contribution in [2.24, 2.45) is 5.92 Å². The summed E-state index contributed by atoms with van der Waals surface area (Å²) in [7, 11) is -1.08. The molecule has 1 aliphatic carbocycles. The first-order valence-electron chi connectivity index (χ1n) is 4.73. The number of allylic oxidation sites excluding steroid dienone is 4. The molecular weight excluding hydrogens is 410 g/mol. The minimum Gasteiger partial charge on any atom is -0.273 e. The van der Waals surface area contributed by atoms with Crippen LogP contribution in [0.1, 0.15) is 20.3 Å². The Morgan fingerprint density at radius 2 is 1.67 bits per heavy atom. The Kier molecular flexibility index (Phi) is 11.8. The third kappa shape index (κ3) is 6.45. The fourth-order valence-corrected chi connectivity index (χ4v) is 2.57. The van der Waals surface area contributed by atoms with E-state index in [9.17, 15) is 0 Å². The number of hydrogen-bond acceptors (Lipinski definition) is 0. The summed E-state index contributed by atoms with van der Waals surface area (Å²) in [5.74, 6) is 0.700. The van der Waals surface area contributed by atoms with Gasteiger partial charge >= 0.3 is 0 Å². The average Bonchev–Trinajstić information content (AvgIpc) is 2.30.